The van der Waals surface area contributed by atoms with Crippen LogP contribution in [0.4, 0.5) is 0 Å². The van der Waals surface area contributed by atoms with E-state index < -0.39 is 0 Å². The molecule has 0 aromatic heterocycles. The van der Waals surface area contributed by atoms with Crippen molar-refractivity contribution >= 4 is 5.78 Å². The van der Waals surface area contributed by atoms with Crippen molar-refractivity contribution in [3.05, 3.63) is 34.9 Å². The summed E-state index contributed by atoms with van der Waals surface area (Å²) in [4.78, 5) is 11.5. The van der Waals surface area contributed by atoms with Gasteiger partial charge < -0.3 is 10.6 Å². The third kappa shape index (κ3) is 2.94. The number of hydrogen-bond acceptors (Lipinski definition) is 3. The number of rotatable bonds is 7. The Balaban J connectivity index is 2.31. The monoisotopic (exact) mass is 274 g/mol. The molecule has 3 heteroatoms. The molecule has 0 atom stereocenters. The van der Waals surface area contributed by atoms with Gasteiger partial charge in [-0.3, -0.25) is 4.79 Å². The molecule has 0 amide bonds. The minimum absolute atomic E-state index is 0.163. The maximum Gasteiger partial charge on any atom is 0.159 e. The zero-order valence-electron chi connectivity index (χ0n) is 12.9. The molecule has 0 saturated heterocycles. The lowest BCUT2D eigenvalue weighted by atomic mass is 9.75. The van der Waals surface area contributed by atoms with Gasteiger partial charge in [-0.25, -0.2) is 0 Å². The highest BCUT2D eigenvalue weighted by Crippen LogP contribution is 2.44. The van der Waals surface area contributed by atoms with Gasteiger partial charge in [-0.2, -0.15) is 0 Å². The normalized spacial score (nSPS) is 16.1. The molecule has 0 radical (unpaired) electrons. The zero-order valence-corrected chi connectivity index (χ0v) is 12.9. The molecule has 2 N–H and O–H groups in total. The Morgan fingerprint density at radius 2 is 1.85 bits per heavy atom. The van der Waals surface area contributed by atoms with Gasteiger partial charge in [0.05, 0.1) is 0 Å². The molecule has 0 aliphatic heterocycles. The topological polar surface area (TPSA) is 41.1 Å². The molecule has 1 aromatic rings. The van der Waals surface area contributed by atoms with Crippen molar-refractivity contribution in [2.24, 2.45) is 0 Å². The summed E-state index contributed by atoms with van der Waals surface area (Å²) < 4.78 is 0. The molecule has 0 saturated carbocycles. The summed E-state index contributed by atoms with van der Waals surface area (Å²) in [6.07, 6.45) is 4.63. The van der Waals surface area contributed by atoms with Gasteiger partial charge >= 0.3 is 0 Å². The SMILES string of the molecule is CNCCC1(CCNC)CCc2cc(C(C)=O)ccc21. The van der Waals surface area contributed by atoms with Crippen LogP contribution < -0.4 is 10.6 Å². The summed E-state index contributed by atoms with van der Waals surface area (Å²) in [5.74, 6) is 0.163. The summed E-state index contributed by atoms with van der Waals surface area (Å²) >= 11 is 0. The Morgan fingerprint density at radius 3 is 2.40 bits per heavy atom. The van der Waals surface area contributed by atoms with E-state index in [9.17, 15) is 4.79 Å². The number of carbonyl (C=O) groups is 1. The first-order valence-electron chi connectivity index (χ1n) is 7.56. The molecule has 0 spiro atoms. The molecule has 1 aliphatic carbocycles. The van der Waals surface area contributed by atoms with Crippen LogP contribution in [0.2, 0.25) is 0 Å². The van der Waals surface area contributed by atoms with Gasteiger partial charge in [-0.1, -0.05) is 12.1 Å². The van der Waals surface area contributed by atoms with Crippen molar-refractivity contribution in [2.45, 2.75) is 38.0 Å². The average molecular weight is 274 g/mol. The Labute approximate surface area is 122 Å². The van der Waals surface area contributed by atoms with Gasteiger partial charge in [0.25, 0.3) is 0 Å². The van der Waals surface area contributed by atoms with Crippen LogP contribution in [0.5, 0.6) is 0 Å². The van der Waals surface area contributed by atoms with Gasteiger partial charge in [0.15, 0.2) is 5.78 Å². The summed E-state index contributed by atoms with van der Waals surface area (Å²) in [6.45, 7) is 3.72. The number of aryl methyl sites for hydroxylation is 1. The van der Waals surface area contributed by atoms with E-state index in [1.54, 1.807) is 6.92 Å². The van der Waals surface area contributed by atoms with Crippen molar-refractivity contribution in [3.63, 3.8) is 0 Å². The second-order valence-corrected chi connectivity index (χ2v) is 5.92. The maximum absolute atomic E-state index is 11.5. The lowest BCUT2D eigenvalue weighted by Gasteiger charge is -2.31. The van der Waals surface area contributed by atoms with Crippen LogP contribution >= 0.6 is 0 Å². The number of fused-ring (bicyclic) bond motifs is 1. The minimum atomic E-state index is 0.163. The number of ketones is 1. The highest BCUT2D eigenvalue weighted by atomic mass is 16.1. The zero-order chi connectivity index (χ0) is 14.6. The molecule has 20 heavy (non-hydrogen) atoms. The highest BCUT2D eigenvalue weighted by molar-refractivity contribution is 5.94. The summed E-state index contributed by atoms with van der Waals surface area (Å²) in [6, 6.07) is 6.31. The first-order chi connectivity index (χ1) is 9.63. The van der Waals surface area contributed by atoms with Gasteiger partial charge in [0.2, 0.25) is 0 Å². The highest BCUT2D eigenvalue weighted by Gasteiger charge is 2.37. The molecule has 110 valence electrons. The van der Waals surface area contributed by atoms with Crippen LogP contribution in [0.25, 0.3) is 0 Å². The Morgan fingerprint density at radius 1 is 1.20 bits per heavy atom. The number of nitrogens with one attached hydrogen (secondary N) is 2. The van der Waals surface area contributed by atoms with Crippen molar-refractivity contribution in [1.82, 2.24) is 10.6 Å². The van der Waals surface area contributed by atoms with Crippen molar-refractivity contribution in [3.8, 4) is 0 Å². The predicted molar refractivity (Wildman–Crippen MR) is 83.5 cm³/mol. The molecule has 0 fully saturated rings. The smallest absolute Gasteiger partial charge is 0.159 e. The molecule has 1 aliphatic rings. The van der Waals surface area contributed by atoms with Crippen molar-refractivity contribution in [2.75, 3.05) is 27.2 Å². The number of Topliss-reactive ketones (excluding diaryl/α,β-unsaturated/α-hetero) is 1. The number of hydrogen-bond donors (Lipinski definition) is 2. The van der Waals surface area contributed by atoms with E-state index in [1.807, 2.05) is 20.2 Å². The van der Waals surface area contributed by atoms with Gasteiger partial charge in [-0.15, -0.1) is 0 Å². The van der Waals surface area contributed by atoms with E-state index in [2.05, 4.69) is 22.8 Å². The lowest BCUT2D eigenvalue weighted by molar-refractivity contribution is 0.101. The van der Waals surface area contributed by atoms with Crippen LogP contribution in [-0.2, 0) is 11.8 Å². The van der Waals surface area contributed by atoms with Crippen LogP contribution in [0.3, 0.4) is 0 Å². The van der Waals surface area contributed by atoms with Gasteiger partial charge in [-0.05, 0) is 82.4 Å². The molecule has 3 nitrogen and oxygen atoms in total. The standard InChI is InChI=1S/C17H26N2O/c1-13(20)14-4-5-16-15(12-14)6-7-17(16,8-10-18-2)9-11-19-3/h4-5,12,18-19H,6-11H2,1-3H3. The lowest BCUT2D eigenvalue weighted by Crippen LogP contribution is -2.31. The predicted octanol–water partition coefficient (Wildman–Crippen LogP) is 2.29. The van der Waals surface area contributed by atoms with Crippen LogP contribution in [0.1, 0.15) is 47.7 Å². The van der Waals surface area contributed by atoms with Crippen LogP contribution in [0.15, 0.2) is 18.2 Å². The second-order valence-electron chi connectivity index (χ2n) is 5.92. The van der Waals surface area contributed by atoms with Gasteiger partial charge in [0, 0.05) is 5.56 Å². The Kier molecular flexibility index (Phi) is 4.95. The number of benzene rings is 1. The third-order valence-corrected chi connectivity index (χ3v) is 4.66. The fourth-order valence-electron chi connectivity index (χ4n) is 3.42. The minimum Gasteiger partial charge on any atom is -0.320 e. The van der Waals surface area contributed by atoms with Crippen LogP contribution in [-0.4, -0.2) is 33.0 Å². The van der Waals surface area contributed by atoms with E-state index in [4.69, 9.17) is 0 Å². The van der Waals surface area contributed by atoms with E-state index >= 15 is 0 Å². The van der Waals surface area contributed by atoms with E-state index in [0.29, 0.717) is 0 Å². The molecule has 0 heterocycles. The van der Waals surface area contributed by atoms with Crippen molar-refractivity contribution in [1.29, 1.82) is 0 Å². The average Bonchev–Trinajstić information content (AvgIpc) is 2.81. The molecule has 1 aromatic carbocycles. The summed E-state index contributed by atoms with van der Waals surface area (Å²) in [7, 11) is 4.03. The van der Waals surface area contributed by atoms with E-state index in [0.717, 1.165) is 37.9 Å². The fourth-order valence-corrected chi connectivity index (χ4v) is 3.42. The summed E-state index contributed by atoms with van der Waals surface area (Å²) in [5.41, 5.74) is 3.97. The summed E-state index contributed by atoms with van der Waals surface area (Å²) in [5, 5.41) is 6.56. The second kappa shape index (κ2) is 6.51. The van der Waals surface area contributed by atoms with E-state index in [1.165, 1.54) is 17.5 Å². The molecular formula is C17H26N2O. The van der Waals surface area contributed by atoms with E-state index in [-0.39, 0.29) is 11.2 Å². The fraction of sp³-hybridized carbons (Fsp3) is 0.588. The maximum atomic E-state index is 11.5. The third-order valence-electron chi connectivity index (χ3n) is 4.66. The first-order valence-corrected chi connectivity index (χ1v) is 7.56. The molecule has 2 rings (SSSR count). The Bertz CT molecular complexity index is 474. The molecular weight excluding hydrogens is 248 g/mol. The van der Waals surface area contributed by atoms with Crippen LogP contribution in [0, 0.1) is 0 Å². The van der Waals surface area contributed by atoms with Crippen molar-refractivity contribution < 1.29 is 4.79 Å². The molecule has 0 bridgehead atoms. The largest absolute Gasteiger partial charge is 0.320 e. The van der Waals surface area contributed by atoms with Gasteiger partial charge in [0.1, 0.15) is 0 Å². The number of carbonyl (C=O) groups excluding carboxylic acids is 1. The first kappa shape index (κ1) is 15.2. The Hall–Kier alpha value is -1.19. The quantitative estimate of drug-likeness (QED) is 0.750. The molecule has 0 unspecified atom stereocenters.